The Morgan fingerprint density at radius 2 is 1.86 bits per heavy atom. The molecule has 2 aromatic carbocycles. The molecule has 0 aliphatic rings. The standard InChI is InChI=1S/C22H27N3O3/c1-22(2,3)19-12-21(28-24-19)23-20(26)14-25(4)13-15-6-7-17-11-18(27-5)9-8-16(17)10-15/h6-12H,13-14H2,1-5H3,(H,23,26). The van der Waals surface area contributed by atoms with Gasteiger partial charge in [0, 0.05) is 18.0 Å². The lowest BCUT2D eigenvalue weighted by atomic mass is 9.92. The summed E-state index contributed by atoms with van der Waals surface area (Å²) in [6.45, 7) is 7.06. The fourth-order valence-electron chi connectivity index (χ4n) is 2.98. The van der Waals surface area contributed by atoms with Crippen LogP contribution in [0.1, 0.15) is 32.0 Å². The van der Waals surface area contributed by atoms with Gasteiger partial charge < -0.3 is 9.26 Å². The smallest absolute Gasteiger partial charge is 0.240 e. The van der Waals surface area contributed by atoms with Gasteiger partial charge >= 0.3 is 0 Å². The van der Waals surface area contributed by atoms with Gasteiger partial charge in [-0.25, -0.2) is 0 Å². The zero-order chi connectivity index (χ0) is 20.3. The maximum Gasteiger partial charge on any atom is 0.240 e. The van der Waals surface area contributed by atoms with Crippen LogP contribution in [0.25, 0.3) is 10.8 Å². The number of hydrogen-bond acceptors (Lipinski definition) is 5. The van der Waals surface area contributed by atoms with Crippen LogP contribution in [0.5, 0.6) is 5.75 Å². The Balaban J connectivity index is 1.58. The molecule has 0 bridgehead atoms. The molecule has 0 saturated heterocycles. The molecule has 0 fully saturated rings. The van der Waals surface area contributed by atoms with Crippen molar-refractivity contribution in [2.24, 2.45) is 0 Å². The van der Waals surface area contributed by atoms with E-state index >= 15 is 0 Å². The van der Waals surface area contributed by atoms with Crippen molar-refractivity contribution in [2.75, 3.05) is 26.0 Å². The molecule has 148 valence electrons. The number of carbonyl (C=O) groups excluding carboxylic acids is 1. The lowest BCUT2D eigenvalue weighted by Crippen LogP contribution is -2.29. The molecule has 28 heavy (non-hydrogen) atoms. The highest BCUT2D eigenvalue weighted by Gasteiger charge is 2.20. The van der Waals surface area contributed by atoms with Crippen molar-refractivity contribution >= 4 is 22.6 Å². The highest BCUT2D eigenvalue weighted by Crippen LogP contribution is 2.24. The van der Waals surface area contributed by atoms with Crippen molar-refractivity contribution in [3.63, 3.8) is 0 Å². The van der Waals surface area contributed by atoms with E-state index in [1.54, 1.807) is 13.2 Å². The van der Waals surface area contributed by atoms with Gasteiger partial charge in [-0.05, 0) is 41.6 Å². The van der Waals surface area contributed by atoms with E-state index in [9.17, 15) is 4.79 Å². The van der Waals surface area contributed by atoms with Crippen molar-refractivity contribution in [3.8, 4) is 5.75 Å². The van der Waals surface area contributed by atoms with Gasteiger partial charge in [0.2, 0.25) is 11.8 Å². The normalized spacial score (nSPS) is 11.8. The Morgan fingerprint density at radius 1 is 1.14 bits per heavy atom. The number of nitrogens with zero attached hydrogens (tertiary/aromatic N) is 2. The average molecular weight is 381 g/mol. The Morgan fingerprint density at radius 3 is 2.54 bits per heavy atom. The van der Waals surface area contributed by atoms with Crippen LogP contribution < -0.4 is 10.1 Å². The number of likely N-dealkylation sites (N-methyl/N-ethyl adjacent to an activating group) is 1. The summed E-state index contributed by atoms with van der Waals surface area (Å²) in [5.41, 5.74) is 1.83. The first-order chi connectivity index (χ1) is 13.2. The van der Waals surface area contributed by atoms with Crippen LogP contribution >= 0.6 is 0 Å². The summed E-state index contributed by atoms with van der Waals surface area (Å²) in [4.78, 5) is 14.3. The number of amides is 1. The Hall–Kier alpha value is -2.86. The summed E-state index contributed by atoms with van der Waals surface area (Å²) in [6.07, 6.45) is 0. The van der Waals surface area contributed by atoms with Crippen molar-refractivity contribution in [1.82, 2.24) is 10.1 Å². The monoisotopic (exact) mass is 381 g/mol. The van der Waals surface area contributed by atoms with E-state index in [-0.39, 0.29) is 17.9 Å². The molecule has 0 saturated carbocycles. The molecule has 1 heterocycles. The molecular weight excluding hydrogens is 354 g/mol. The molecule has 0 atom stereocenters. The van der Waals surface area contributed by atoms with Crippen molar-refractivity contribution in [1.29, 1.82) is 0 Å². The van der Waals surface area contributed by atoms with Crippen LogP contribution in [0, 0.1) is 0 Å². The number of anilines is 1. The maximum absolute atomic E-state index is 12.3. The minimum atomic E-state index is -0.135. The lowest BCUT2D eigenvalue weighted by Gasteiger charge is -2.16. The van der Waals surface area contributed by atoms with Crippen molar-refractivity contribution in [3.05, 3.63) is 53.7 Å². The number of rotatable bonds is 6. The van der Waals surface area contributed by atoms with E-state index in [0.29, 0.717) is 12.4 Å². The van der Waals surface area contributed by atoms with E-state index in [4.69, 9.17) is 9.26 Å². The number of ether oxygens (including phenoxy) is 1. The number of carbonyl (C=O) groups is 1. The molecular formula is C22H27N3O3. The molecule has 1 aromatic heterocycles. The van der Waals surface area contributed by atoms with Gasteiger partial charge in [0.25, 0.3) is 0 Å². The molecule has 0 aliphatic carbocycles. The SMILES string of the molecule is COc1ccc2cc(CN(C)CC(=O)Nc3cc(C(C)(C)C)no3)ccc2c1. The highest BCUT2D eigenvalue weighted by molar-refractivity contribution is 5.91. The predicted octanol–water partition coefficient (Wildman–Crippen LogP) is 4.20. The predicted molar refractivity (Wildman–Crippen MR) is 111 cm³/mol. The van der Waals surface area contributed by atoms with Crippen LogP contribution in [-0.2, 0) is 16.8 Å². The first-order valence-electron chi connectivity index (χ1n) is 9.27. The van der Waals surface area contributed by atoms with Gasteiger partial charge in [-0.2, -0.15) is 0 Å². The summed E-state index contributed by atoms with van der Waals surface area (Å²) in [7, 11) is 3.58. The van der Waals surface area contributed by atoms with Gasteiger partial charge in [0.05, 0.1) is 19.3 Å². The Bertz CT molecular complexity index is 973. The quantitative estimate of drug-likeness (QED) is 0.693. The van der Waals surface area contributed by atoms with Gasteiger partial charge in [-0.3, -0.25) is 15.0 Å². The molecule has 0 aliphatic heterocycles. The molecule has 6 heteroatoms. The van der Waals surface area contributed by atoms with Gasteiger partial charge in [0.1, 0.15) is 5.75 Å². The summed E-state index contributed by atoms with van der Waals surface area (Å²) in [5.74, 6) is 1.09. The fourth-order valence-corrected chi connectivity index (χ4v) is 2.98. The molecule has 0 spiro atoms. The third kappa shape index (κ3) is 4.89. The van der Waals surface area contributed by atoms with Gasteiger partial charge in [-0.1, -0.05) is 44.1 Å². The lowest BCUT2D eigenvalue weighted by molar-refractivity contribution is -0.117. The van der Waals surface area contributed by atoms with Crippen LogP contribution in [0.15, 0.2) is 47.0 Å². The third-order valence-electron chi connectivity index (χ3n) is 4.52. The molecule has 1 amide bonds. The number of hydrogen-bond donors (Lipinski definition) is 1. The summed E-state index contributed by atoms with van der Waals surface area (Å²) in [6, 6.07) is 14.1. The summed E-state index contributed by atoms with van der Waals surface area (Å²) < 4.78 is 10.5. The second kappa shape index (κ2) is 8.02. The van der Waals surface area contributed by atoms with Crippen LogP contribution in [0.3, 0.4) is 0 Å². The second-order valence-corrected chi connectivity index (χ2v) is 8.09. The number of benzene rings is 2. The fraction of sp³-hybridized carbons (Fsp3) is 0.364. The van der Waals surface area contributed by atoms with E-state index in [0.717, 1.165) is 27.8 Å². The van der Waals surface area contributed by atoms with E-state index < -0.39 is 0 Å². The Kier molecular flexibility index (Phi) is 5.70. The van der Waals surface area contributed by atoms with E-state index in [1.807, 2.05) is 50.9 Å². The van der Waals surface area contributed by atoms with Crippen molar-refractivity contribution < 1.29 is 14.1 Å². The van der Waals surface area contributed by atoms with Gasteiger partial charge in [-0.15, -0.1) is 0 Å². The largest absolute Gasteiger partial charge is 0.497 e. The molecule has 3 rings (SSSR count). The molecule has 1 N–H and O–H groups in total. The first kappa shape index (κ1) is 19.9. The van der Waals surface area contributed by atoms with Crippen molar-refractivity contribution in [2.45, 2.75) is 32.7 Å². The average Bonchev–Trinajstić information content (AvgIpc) is 3.09. The molecule has 3 aromatic rings. The van der Waals surface area contributed by atoms with Crippen LogP contribution in [-0.4, -0.2) is 36.7 Å². The Labute approximate surface area is 165 Å². The summed E-state index contributed by atoms with van der Waals surface area (Å²) in [5, 5.41) is 9.06. The van der Waals surface area contributed by atoms with E-state index in [1.165, 1.54) is 0 Å². The first-order valence-corrected chi connectivity index (χ1v) is 9.27. The van der Waals surface area contributed by atoms with E-state index in [2.05, 4.69) is 28.7 Å². The number of aromatic nitrogens is 1. The van der Waals surface area contributed by atoms with Crippen LogP contribution in [0.4, 0.5) is 5.88 Å². The number of nitrogens with one attached hydrogen (secondary N) is 1. The zero-order valence-corrected chi connectivity index (χ0v) is 17.1. The zero-order valence-electron chi connectivity index (χ0n) is 17.1. The number of methoxy groups -OCH3 is 1. The summed E-state index contributed by atoms with van der Waals surface area (Å²) >= 11 is 0. The second-order valence-electron chi connectivity index (χ2n) is 8.09. The van der Waals surface area contributed by atoms with Gasteiger partial charge in [0.15, 0.2) is 0 Å². The number of fused-ring (bicyclic) bond motifs is 1. The molecule has 0 radical (unpaired) electrons. The third-order valence-corrected chi connectivity index (χ3v) is 4.52. The molecule has 0 unspecified atom stereocenters. The van der Waals surface area contributed by atoms with Crippen LogP contribution in [0.2, 0.25) is 0 Å². The molecule has 6 nitrogen and oxygen atoms in total. The topological polar surface area (TPSA) is 67.6 Å². The maximum atomic E-state index is 12.3. The minimum Gasteiger partial charge on any atom is -0.497 e. The highest BCUT2D eigenvalue weighted by atomic mass is 16.5. The minimum absolute atomic E-state index is 0.122.